The summed E-state index contributed by atoms with van der Waals surface area (Å²) in [7, 11) is 0. The molecule has 2 N–H and O–H groups in total. The lowest BCUT2D eigenvalue weighted by Gasteiger charge is -2.06. The second-order valence-electron chi connectivity index (χ2n) is 4.79. The standard InChI is InChI=1S/C15H23NO/c1-12(2)16-9-5-6-13(3)10-14-7-4-8-15(17)11-14/h4,6-8,11-12,16-17H,5,9-10H2,1-3H3. The fraction of sp³-hybridized carbons (Fsp3) is 0.467. The molecule has 0 atom stereocenters. The molecule has 0 aromatic heterocycles. The van der Waals surface area contributed by atoms with Crippen LogP contribution in [-0.2, 0) is 6.42 Å². The number of aromatic hydroxyl groups is 1. The third kappa shape index (κ3) is 6.12. The number of phenols is 1. The first-order chi connectivity index (χ1) is 8.08. The average Bonchev–Trinajstić information content (AvgIpc) is 2.24. The van der Waals surface area contributed by atoms with Crippen LogP contribution in [0.4, 0.5) is 0 Å². The van der Waals surface area contributed by atoms with Gasteiger partial charge in [0.25, 0.3) is 0 Å². The first kappa shape index (κ1) is 13.8. The molecule has 0 bridgehead atoms. The lowest BCUT2D eigenvalue weighted by molar-refractivity contribution is 0.474. The Kier molecular flexibility index (Phi) is 5.78. The van der Waals surface area contributed by atoms with Crippen molar-refractivity contribution in [2.45, 2.75) is 39.7 Å². The minimum absolute atomic E-state index is 0.344. The van der Waals surface area contributed by atoms with Gasteiger partial charge in [-0.2, -0.15) is 0 Å². The van der Waals surface area contributed by atoms with E-state index in [-0.39, 0.29) is 0 Å². The molecule has 0 spiro atoms. The van der Waals surface area contributed by atoms with Crippen LogP contribution >= 0.6 is 0 Å². The zero-order chi connectivity index (χ0) is 12.7. The van der Waals surface area contributed by atoms with Gasteiger partial charge in [0.05, 0.1) is 0 Å². The van der Waals surface area contributed by atoms with E-state index in [0.717, 1.165) is 24.9 Å². The number of allylic oxidation sites excluding steroid dienone is 1. The molecule has 0 radical (unpaired) electrons. The second-order valence-corrected chi connectivity index (χ2v) is 4.79. The van der Waals surface area contributed by atoms with Crippen molar-refractivity contribution >= 4 is 0 Å². The minimum atomic E-state index is 0.344. The van der Waals surface area contributed by atoms with E-state index in [0.29, 0.717) is 11.8 Å². The third-order valence-corrected chi connectivity index (χ3v) is 2.58. The van der Waals surface area contributed by atoms with Crippen molar-refractivity contribution in [2.75, 3.05) is 6.54 Å². The Morgan fingerprint density at radius 2 is 2.18 bits per heavy atom. The highest BCUT2D eigenvalue weighted by molar-refractivity contribution is 5.29. The molecule has 94 valence electrons. The normalized spacial score (nSPS) is 12.1. The van der Waals surface area contributed by atoms with Crippen molar-refractivity contribution in [2.24, 2.45) is 0 Å². The van der Waals surface area contributed by atoms with Gasteiger partial charge in [-0.25, -0.2) is 0 Å². The minimum Gasteiger partial charge on any atom is -0.508 e. The Hall–Kier alpha value is -1.28. The summed E-state index contributed by atoms with van der Waals surface area (Å²) in [5.41, 5.74) is 2.51. The molecule has 0 heterocycles. The number of rotatable bonds is 6. The Morgan fingerprint density at radius 3 is 2.82 bits per heavy atom. The predicted octanol–water partition coefficient (Wildman–Crippen LogP) is 3.27. The van der Waals surface area contributed by atoms with Crippen LogP contribution in [0.5, 0.6) is 5.75 Å². The van der Waals surface area contributed by atoms with Gasteiger partial charge in [-0.3, -0.25) is 0 Å². The molecular weight excluding hydrogens is 210 g/mol. The molecule has 2 heteroatoms. The Labute approximate surface area is 104 Å². The van der Waals surface area contributed by atoms with E-state index in [2.05, 4.69) is 32.2 Å². The highest BCUT2D eigenvalue weighted by Gasteiger charge is 1.96. The van der Waals surface area contributed by atoms with Gasteiger partial charge in [-0.1, -0.05) is 37.6 Å². The third-order valence-electron chi connectivity index (χ3n) is 2.58. The van der Waals surface area contributed by atoms with Gasteiger partial charge >= 0.3 is 0 Å². The summed E-state index contributed by atoms with van der Waals surface area (Å²) in [4.78, 5) is 0. The topological polar surface area (TPSA) is 32.3 Å². The van der Waals surface area contributed by atoms with E-state index in [1.165, 1.54) is 5.57 Å². The fourth-order valence-corrected chi connectivity index (χ4v) is 1.75. The highest BCUT2D eigenvalue weighted by Crippen LogP contribution is 2.14. The molecule has 17 heavy (non-hydrogen) atoms. The number of hydrogen-bond acceptors (Lipinski definition) is 2. The first-order valence-corrected chi connectivity index (χ1v) is 6.25. The maximum absolute atomic E-state index is 9.37. The molecule has 0 aliphatic rings. The van der Waals surface area contributed by atoms with Crippen LogP contribution in [0.15, 0.2) is 35.9 Å². The van der Waals surface area contributed by atoms with Gasteiger partial charge in [-0.05, 0) is 44.0 Å². The van der Waals surface area contributed by atoms with Crippen molar-refractivity contribution in [1.29, 1.82) is 0 Å². The van der Waals surface area contributed by atoms with Gasteiger partial charge in [0.15, 0.2) is 0 Å². The van der Waals surface area contributed by atoms with Crippen LogP contribution in [-0.4, -0.2) is 17.7 Å². The van der Waals surface area contributed by atoms with Crippen molar-refractivity contribution in [3.63, 3.8) is 0 Å². The van der Waals surface area contributed by atoms with Gasteiger partial charge in [-0.15, -0.1) is 0 Å². The van der Waals surface area contributed by atoms with E-state index in [4.69, 9.17) is 0 Å². The maximum atomic E-state index is 9.37. The SMILES string of the molecule is CC(=CCCNC(C)C)Cc1cccc(O)c1. The zero-order valence-electron chi connectivity index (χ0n) is 11.0. The summed E-state index contributed by atoms with van der Waals surface area (Å²) in [5, 5.41) is 12.8. The average molecular weight is 233 g/mol. The number of hydrogen-bond donors (Lipinski definition) is 2. The summed E-state index contributed by atoms with van der Waals surface area (Å²) < 4.78 is 0. The largest absolute Gasteiger partial charge is 0.508 e. The van der Waals surface area contributed by atoms with E-state index < -0.39 is 0 Å². The van der Waals surface area contributed by atoms with Gasteiger partial charge in [0.1, 0.15) is 5.75 Å². The zero-order valence-corrected chi connectivity index (χ0v) is 11.0. The summed E-state index contributed by atoms with van der Waals surface area (Å²) in [6, 6.07) is 8.01. The summed E-state index contributed by atoms with van der Waals surface area (Å²) >= 11 is 0. The van der Waals surface area contributed by atoms with Gasteiger partial charge in [0, 0.05) is 6.04 Å². The van der Waals surface area contributed by atoms with E-state index in [1.54, 1.807) is 6.07 Å². The number of phenolic OH excluding ortho intramolecular Hbond substituents is 1. The Bertz CT molecular complexity index is 369. The highest BCUT2D eigenvalue weighted by atomic mass is 16.3. The molecule has 0 amide bonds. The maximum Gasteiger partial charge on any atom is 0.115 e. The van der Waals surface area contributed by atoms with Crippen LogP contribution in [0.1, 0.15) is 32.8 Å². The van der Waals surface area contributed by atoms with Crippen molar-refractivity contribution in [1.82, 2.24) is 5.32 Å². The number of nitrogens with one attached hydrogen (secondary N) is 1. The summed E-state index contributed by atoms with van der Waals surface area (Å²) in [6.45, 7) is 7.47. The molecule has 0 saturated carbocycles. The van der Waals surface area contributed by atoms with Gasteiger partial charge in [0.2, 0.25) is 0 Å². The summed E-state index contributed by atoms with van der Waals surface area (Å²) in [6.07, 6.45) is 4.23. The molecule has 1 rings (SSSR count). The van der Waals surface area contributed by atoms with Crippen LogP contribution in [0.25, 0.3) is 0 Å². The molecule has 0 saturated heterocycles. The molecule has 0 fully saturated rings. The monoisotopic (exact) mass is 233 g/mol. The molecule has 1 aromatic rings. The summed E-state index contributed by atoms with van der Waals surface area (Å²) in [5.74, 6) is 0.344. The van der Waals surface area contributed by atoms with Crippen LogP contribution < -0.4 is 5.32 Å². The van der Waals surface area contributed by atoms with Crippen LogP contribution in [0.3, 0.4) is 0 Å². The van der Waals surface area contributed by atoms with Crippen molar-refractivity contribution in [3.05, 3.63) is 41.5 Å². The first-order valence-electron chi connectivity index (χ1n) is 6.25. The van der Waals surface area contributed by atoms with Gasteiger partial charge < -0.3 is 10.4 Å². The van der Waals surface area contributed by atoms with E-state index in [9.17, 15) is 5.11 Å². The fourth-order valence-electron chi connectivity index (χ4n) is 1.75. The Balaban J connectivity index is 2.38. The molecule has 0 aliphatic heterocycles. The molecule has 0 unspecified atom stereocenters. The van der Waals surface area contributed by atoms with Crippen molar-refractivity contribution < 1.29 is 5.11 Å². The lowest BCUT2D eigenvalue weighted by Crippen LogP contribution is -2.23. The second kappa shape index (κ2) is 7.13. The predicted molar refractivity (Wildman–Crippen MR) is 73.3 cm³/mol. The molecule has 1 aromatic carbocycles. The van der Waals surface area contributed by atoms with Crippen LogP contribution in [0.2, 0.25) is 0 Å². The van der Waals surface area contributed by atoms with Crippen LogP contribution in [0, 0.1) is 0 Å². The molecule has 0 aliphatic carbocycles. The van der Waals surface area contributed by atoms with E-state index >= 15 is 0 Å². The van der Waals surface area contributed by atoms with Crippen molar-refractivity contribution in [3.8, 4) is 5.75 Å². The lowest BCUT2D eigenvalue weighted by atomic mass is 10.1. The Morgan fingerprint density at radius 1 is 1.41 bits per heavy atom. The van der Waals surface area contributed by atoms with E-state index in [1.807, 2.05) is 18.2 Å². The quantitative estimate of drug-likeness (QED) is 0.584. The smallest absolute Gasteiger partial charge is 0.115 e. The molecule has 2 nitrogen and oxygen atoms in total. The molecular formula is C15H23NO. The number of benzene rings is 1.